The van der Waals surface area contributed by atoms with Crippen LogP contribution in [0.5, 0.6) is 0 Å². The maximum absolute atomic E-state index is 12.2. The number of carbonyl (C=O) groups excluding carboxylic acids is 2. The minimum Gasteiger partial charge on any atom is -0.467 e. The fourth-order valence-corrected chi connectivity index (χ4v) is 3.60. The van der Waals surface area contributed by atoms with Gasteiger partial charge >= 0.3 is 0 Å². The SMILES string of the molecule is O=C1NCC(=O)N(Cc2ccco2)[C@@H]1CSCc1ccccc1. The first kappa shape index (κ1) is 15.7. The minimum absolute atomic E-state index is 0.0550. The molecule has 1 fully saturated rings. The van der Waals surface area contributed by atoms with Crippen molar-refractivity contribution in [3.05, 3.63) is 60.1 Å². The molecule has 1 aliphatic heterocycles. The van der Waals surface area contributed by atoms with Gasteiger partial charge in [0.05, 0.1) is 19.4 Å². The number of nitrogens with zero attached hydrogens (tertiary/aromatic N) is 1. The fraction of sp³-hybridized carbons (Fsp3) is 0.294. The third-order valence-corrected chi connectivity index (χ3v) is 4.80. The van der Waals surface area contributed by atoms with Crippen molar-refractivity contribution < 1.29 is 14.0 Å². The Balaban J connectivity index is 1.63. The third kappa shape index (κ3) is 3.96. The van der Waals surface area contributed by atoms with Crippen LogP contribution in [0.3, 0.4) is 0 Å². The van der Waals surface area contributed by atoms with Gasteiger partial charge in [-0.05, 0) is 17.7 Å². The summed E-state index contributed by atoms with van der Waals surface area (Å²) >= 11 is 1.65. The van der Waals surface area contributed by atoms with E-state index in [2.05, 4.69) is 17.4 Å². The lowest BCUT2D eigenvalue weighted by atomic mass is 10.2. The second-order valence-electron chi connectivity index (χ2n) is 5.34. The third-order valence-electron chi connectivity index (χ3n) is 3.71. The van der Waals surface area contributed by atoms with E-state index in [0.717, 1.165) is 5.75 Å². The van der Waals surface area contributed by atoms with Crippen molar-refractivity contribution in [2.75, 3.05) is 12.3 Å². The van der Waals surface area contributed by atoms with Crippen LogP contribution in [0.15, 0.2) is 53.1 Å². The van der Waals surface area contributed by atoms with E-state index in [0.29, 0.717) is 18.1 Å². The van der Waals surface area contributed by atoms with Crippen LogP contribution in [0.2, 0.25) is 0 Å². The molecule has 0 radical (unpaired) electrons. The fourth-order valence-electron chi connectivity index (χ4n) is 2.49. The van der Waals surface area contributed by atoms with E-state index in [-0.39, 0.29) is 18.4 Å². The lowest BCUT2D eigenvalue weighted by molar-refractivity contribution is -0.145. The van der Waals surface area contributed by atoms with Gasteiger partial charge in [-0.1, -0.05) is 30.3 Å². The van der Waals surface area contributed by atoms with Gasteiger partial charge in [0, 0.05) is 11.5 Å². The van der Waals surface area contributed by atoms with Crippen LogP contribution >= 0.6 is 11.8 Å². The standard InChI is InChI=1S/C17H18N2O3S/c20-16-9-18-17(21)15(19(16)10-14-7-4-8-22-14)12-23-11-13-5-2-1-3-6-13/h1-8,15H,9-12H2,(H,18,21)/t15-/m1/s1. The molecule has 2 amide bonds. The van der Waals surface area contributed by atoms with E-state index in [1.54, 1.807) is 29.0 Å². The second-order valence-corrected chi connectivity index (χ2v) is 6.37. The van der Waals surface area contributed by atoms with Crippen molar-refractivity contribution in [2.45, 2.75) is 18.3 Å². The van der Waals surface area contributed by atoms with E-state index in [1.165, 1.54) is 5.56 Å². The summed E-state index contributed by atoms with van der Waals surface area (Å²) in [6.07, 6.45) is 1.57. The van der Waals surface area contributed by atoms with E-state index >= 15 is 0 Å². The number of nitrogens with one attached hydrogen (secondary N) is 1. The summed E-state index contributed by atoms with van der Waals surface area (Å²) in [7, 11) is 0. The molecule has 2 heterocycles. The molecule has 0 unspecified atom stereocenters. The Bertz CT molecular complexity index is 658. The number of piperazine rings is 1. The zero-order valence-corrected chi connectivity index (χ0v) is 13.4. The maximum Gasteiger partial charge on any atom is 0.244 e. The summed E-state index contributed by atoms with van der Waals surface area (Å²) in [6, 6.07) is 13.2. The molecule has 1 aromatic heterocycles. The molecule has 3 rings (SSSR count). The number of hydrogen-bond donors (Lipinski definition) is 1. The van der Waals surface area contributed by atoms with Crippen LogP contribution in [0.4, 0.5) is 0 Å². The molecule has 1 saturated heterocycles. The Labute approximate surface area is 139 Å². The smallest absolute Gasteiger partial charge is 0.244 e. The van der Waals surface area contributed by atoms with Crippen molar-refractivity contribution in [3.8, 4) is 0 Å². The first-order valence-corrected chi connectivity index (χ1v) is 8.61. The number of furan rings is 1. The molecule has 120 valence electrons. The second kappa shape index (κ2) is 7.37. The van der Waals surface area contributed by atoms with Crippen molar-refractivity contribution in [1.82, 2.24) is 10.2 Å². The molecule has 0 aliphatic carbocycles. The Hall–Kier alpha value is -2.21. The number of hydrogen-bond acceptors (Lipinski definition) is 4. The molecule has 2 aromatic rings. The van der Waals surface area contributed by atoms with Gasteiger partial charge in [-0.2, -0.15) is 11.8 Å². The quantitative estimate of drug-likeness (QED) is 0.880. The van der Waals surface area contributed by atoms with Gasteiger partial charge in [-0.25, -0.2) is 0 Å². The molecule has 1 aliphatic rings. The first-order valence-electron chi connectivity index (χ1n) is 7.45. The number of amides is 2. The van der Waals surface area contributed by atoms with Gasteiger partial charge < -0.3 is 14.6 Å². The van der Waals surface area contributed by atoms with E-state index in [1.807, 2.05) is 24.3 Å². The largest absolute Gasteiger partial charge is 0.467 e. The van der Waals surface area contributed by atoms with Gasteiger partial charge in [0.15, 0.2) is 0 Å². The van der Waals surface area contributed by atoms with E-state index in [9.17, 15) is 9.59 Å². The average molecular weight is 330 g/mol. The van der Waals surface area contributed by atoms with Gasteiger partial charge in [0.1, 0.15) is 11.8 Å². The van der Waals surface area contributed by atoms with Crippen LogP contribution in [0.25, 0.3) is 0 Å². The summed E-state index contributed by atoms with van der Waals surface area (Å²) in [5.41, 5.74) is 1.21. The van der Waals surface area contributed by atoms with E-state index < -0.39 is 6.04 Å². The molecule has 1 atom stereocenters. The highest BCUT2D eigenvalue weighted by Crippen LogP contribution is 2.19. The van der Waals surface area contributed by atoms with E-state index in [4.69, 9.17) is 4.42 Å². The molecule has 23 heavy (non-hydrogen) atoms. The predicted octanol–water partition coefficient (Wildman–Crippen LogP) is 2.04. The van der Waals surface area contributed by atoms with Crippen molar-refractivity contribution >= 4 is 23.6 Å². The topological polar surface area (TPSA) is 62.6 Å². The molecule has 1 aromatic carbocycles. The first-order chi connectivity index (χ1) is 11.2. The van der Waals surface area contributed by atoms with Gasteiger partial charge in [-0.3, -0.25) is 9.59 Å². The summed E-state index contributed by atoms with van der Waals surface area (Å²) in [5, 5.41) is 2.67. The average Bonchev–Trinajstić information content (AvgIpc) is 3.08. The van der Waals surface area contributed by atoms with Gasteiger partial charge in [0.25, 0.3) is 0 Å². The number of benzene rings is 1. The summed E-state index contributed by atoms with van der Waals surface area (Å²) in [5.74, 6) is 1.88. The minimum atomic E-state index is -0.463. The van der Waals surface area contributed by atoms with Crippen LogP contribution in [0, 0.1) is 0 Å². The summed E-state index contributed by atoms with van der Waals surface area (Å²) in [4.78, 5) is 25.9. The summed E-state index contributed by atoms with van der Waals surface area (Å²) in [6.45, 7) is 0.384. The maximum atomic E-state index is 12.2. The lowest BCUT2D eigenvalue weighted by Crippen LogP contribution is -2.58. The lowest BCUT2D eigenvalue weighted by Gasteiger charge is -2.34. The predicted molar refractivity (Wildman–Crippen MR) is 88.7 cm³/mol. The molecule has 0 bridgehead atoms. The van der Waals surface area contributed by atoms with Crippen molar-refractivity contribution in [1.29, 1.82) is 0 Å². The molecule has 0 spiro atoms. The highest BCUT2D eigenvalue weighted by atomic mass is 32.2. The normalized spacial score (nSPS) is 18.1. The Kier molecular flexibility index (Phi) is 5.02. The van der Waals surface area contributed by atoms with Gasteiger partial charge in [0.2, 0.25) is 11.8 Å². The molecular weight excluding hydrogens is 312 g/mol. The zero-order valence-electron chi connectivity index (χ0n) is 12.6. The highest BCUT2D eigenvalue weighted by molar-refractivity contribution is 7.98. The Morgan fingerprint density at radius 3 is 2.74 bits per heavy atom. The molecule has 0 saturated carbocycles. The van der Waals surface area contributed by atoms with Crippen molar-refractivity contribution in [2.24, 2.45) is 0 Å². The monoisotopic (exact) mass is 330 g/mol. The number of rotatable bonds is 6. The number of thioether (sulfide) groups is 1. The molecule has 1 N–H and O–H groups in total. The molecule has 5 nitrogen and oxygen atoms in total. The highest BCUT2D eigenvalue weighted by Gasteiger charge is 2.34. The Morgan fingerprint density at radius 1 is 1.17 bits per heavy atom. The Morgan fingerprint density at radius 2 is 2.00 bits per heavy atom. The van der Waals surface area contributed by atoms with Crippen LogP contribution in [0.1, 0.15) is 11.3 Å². The molecule has 6 heteroatoms. The van der Waals surface area contributed by atoms with Crippen LogP contribution < -0.4 is 5.32 Å². The zero-order chi connectivity index (χ0) is 16.1. The van der Waals surface area contributed by atoms with Gasteiger partial charge in [-0.15, -0.1) is 0 Å². The van der Waals surface area contributed by atoms with Crippen LogP contribution in [-0.4, -0.2) is 35.1 Å². The van der Waals surface area contributed by atoms with Crippen LogP contribution in [-0.2, 0) is 21.9 Å². The number of carbonyl (C=O) groups is 2. The summed E-state index contributed by atoms with van der Waals surface area (Å²) < 4.78 is 5.31. The van der Waals surface area contributed by atoms with Crippen molar-refractivity contribution in [3.63, 3.8) is 0 Å². The molecular formula is C17H18N2O3S.